The van der Waals surface area contributed by atoms with Crippen LogP contribution in [0.2, 0.25) is 0 Å². The molecular formula is C13H23N3O. The van der Waals surface area contributed by atoms with Crippen LogP contribution in [-0.2, 0) is 0 Å². The fraction of sp³-hybridized carbons (Fsp3) is 0.923. The van der Waals surface area contributed by atoms with Crippen molar-refractivity contribution < 1.29 is 5.11 Å². The zero-order valence-corrected chi connectivity index (χ0v) is 10.5. The average molecular weight is 237 g/mol. The molecule has 0 aromatic heterocycles. The largest absolute Gasteiger partial charge is 0.395 e. The van der Waals surface area contributed by atoms with E-state index in [0.29, 0.717) is 6.04 Å². The van der Waals surface area contributed by atoms with Crippen LogP contribution in [0.4, 0.5) is 0 Å². The maximum atomic E-state index is 9.15. The van der Waals surface area contributed by atoms with E-state index in [1.165, 1.54) is 12.8 Å². The third-order valence-corrected chi connectivity index (χ3v) is 4.15. The molecule has 2 rings (SSSR count). The van der Waals surface area contributed by atoms with E-state index in [0.717, 1.165) is 45.6 Å². The van der Waals surface area contributed by atoms with Crippen molar-refractivity contribution in [1.29, 1.82) is 5.26 Å². The molecule has 1 saturated heterocycles. The molecule has 96 valence electrons. The number of β-amino-alcohol motifs (C(OH)–C–C–N with tert-alkyl or cyclic N) is 1. The Morgan fingerprint density at radius 2 is 2.00 bits per heavy atom. The molecule has 2 fully saturated rings. The number of nitrogens with zero attached hydrogens (tertiary/aromatic N) is 3. The highest BCUT2D eigenvalue weighted by atomic mass is 16.3. The Labute approximate surface area is 104 Å². The molecule has 2 aliphatic rings. The fourth-order valence-corrected chi connectivity index (χ4v) is 3.22. The van der Waals surface area contributed by atoms with Gasteiger partial charge in [-0.3, -0.25) is 9.80 Å². The normalized spacial score (nSPS) is 32.2. The Balaban J connectivity index is 1.88. The standard InChI is InChI=1S/C13H23N3O/c14-11-12-3-1-4-13(12)16-6-2-5-15(7-8-16)9-10-17/h12-13,17H,1-10H2. The van der Waals surface area contributed by atoms with Gasteiger partial charge in [-0.25, -0.2) is 0 Å². The van der Waals surface area contributed by atoms with Crippen molar-refractivity contribution in [2.45, 2.75) is 31.7 Å². The summed E-state index contributed by atoms with van der Waals surface area (Å²) in [6.07, 6.45) is 4.64. The summed E-state index contributed by atoms with van der Waals surface area (Å²) in [6, 6.07) is 2.97. The second-order valence-electron chi connectivity index (χ2n) is 5.19. The summed E-state index contributed by atoms with van der Waals surface area (Å²) < 4.78 is 0. The topological polar surface area (TPSA) is 50.5 Å². The van der Waals surface area contributed by atoms with Crippen LogP contribution in [0.3, 0.4) is 0 Å². The predicted molar refractivity (Wildman–Crippen MR) is 66.5 cm³/mol. The summed E-state index contributed by atoms with van der Waals surface area (Å²) in [5.41, 5.74) is 0. The number of hydrogen-bond donors (Lipinski definition) is 1. The maximum absolute atomic E-state index is 9.15. The zero-order valence-electron chi connectivity index (χ0n) is 10.5. The van der Waals surface area contributed by atoms with Gasteiger partial charge in [-0.05, 0) is 32.4 Å². The van der Waals surface area contributed by atoms with Crippen LogP contribution in [0, 0.1) is 17.2 Å². The van der Waals surface area contributed by atoms with Gasteiger partial charge in [-0.15, -0.1) is 0 Å². The summed E-state index contributed by atoms with van der Waals surface area (Å²) in [5, 5.41) is 18.1. The Morgan fingerprint density at radius 1 is 1.12 bits per heavy atom. The minimum absolute atomic E-state index is 0.249. The van der Waals surface area contributed by atoms with E-state index < -0.39 is 0 Å². The summed E-state index contributed by atoms with van der Waals surface area (Å²) >= 11 is 0. The lowest BCUT2D eigenvalue weighted by molar-refractivity contribution is 0.170. The van der Waals surface area contributed by atoms with Crippen LogP contribution in [0.15, 0.2) is 0 Å². The molecule has 17 heavy (non-hydrogen) atoms. The first-order chi connectivity index (χ1) is 8.35. The van der Waals surface area contributed by atoms with Gasteiger partial charge in [0.1, 0.15) is 0 Å². The highest BCUT2D eigenvalue weighted by Gasteiger charge is 2.32. The molecule has 1 saturated carbocycles. The molecule has 4 nitrogen and oxygen atoms in total. The molecule has 2 unspecified atom stereocenters. The van der Waals surface area contributed by atoms with Crippen molar-refractivity contribution in [1.82, 2.24) is 9.80 Å². The van der Waals surface area contributed by atoms with Gasteiger partial charge in [-0.1, -0.05) is 6.42 Å². The Kier molecular flexibility index (Phi) is 4.78. The molecule has 0 aromatic carbocycles. The molecule has 2 atom stereocenters. The van der Waals surface area contributed by atoms with E-state index in [1.54, 1.807) is 0 Å². The van der Waals surface area contributed by atoms with Gasteiger partial charge in [0.2, 0.25) is 0 Å². The lowest BCUT2D eigenvalue weighted by Gasteiger charge is -2.29. The highest BCUT2D eigenvalue weighted by molar-refractivity contribution is 4.98. The minimum Gasteiger partial charge on any atom is -0.395 e. The smallest absolute Gasteiger partial charge is 0.0672 e. The monoisotopic (exact) mass is 237 g/mol. The van der Waals surface area contributed by atoms with Crippen LogP contribution in [0.25, 0.3) is 0 Å². The van der Waals surface area contributed by atoms with E-state index in [1.807, 2.05) is 0 Å². The molecular weight excluding hydrogens is 214 g/mol. The predicted octanol–water partition coefficient (Wildman–Crippen LogP) is 0.679. The van der Waals surface area contributed by atoms with Gasteiger partial charge in [0.15, 0.2) is 0 Å². The van der Waals surface area contributed by atoms with Gasteiger partial charge >= 0.3 is 0 Å². The summed E-state index contributed by atoms with van der Waals surface area (Å²) in [7, 11) is 0. The van der Waals surface area contributed by atoms with Crippen LogP contribution >= 0.6 is 0 Å². The Bertz CT molecular complexity index is 276. The molecule has 0 aromatic rings. The third-order valence-electron chi connectivity index (χ3n) is 4.15. The first-order valence-corrected chi connectivity index (χ1v) is 6.82. The first kappa shape index (κ1) is 12.8. The minimum atomic E-state index is 0.249. The van der Waals surface area contributed by atoms with Crippen molar-refractivity contribution in [3.05, 3.63) is 0 Å². The van der Waals surface area contributed by atoms with Crippen LogP contribution in [0.5, 0.6) is 0 Å². The molecule has 0 radical (unpaired) electrons. The van der Waals surface area contributed by atoms with Gasteiger partial charge in [0.05, 0.1) is 18.6 Å². The van der Waals surface area contributed by atoms with Gasteiger partial charge < -0.3 is 5.11 Å². The number of nitriles is 1. The van der Waals surface area contributed by atoms with Gasteiger partial charge in [-0.2, -0.15) is 5.26 Å². The van der Waals surface area contributed by atoms with Crippen LogP contribution in [0.1, 0.15) is 25.7 Å². The molecule has 4 heteroatoms. The summed E-state index contributed by atoms with van der Waals surface area (Å²) in [6.45, 7) is 5.34. The first-order valence-electron chi connectivity index (χ1n) is 6.82. The van der Waals surface area contributed by atoms with E-state index in [-0.39, 0.29) is 12.5 Å². The van der Waals surface area contributed by atoms with E-state index in [9.17, 15) is 0 Å². The third kappa shape index (κ3) is 3.19. The van der Waals surface area contributed by atoms with Crippen molar-refractivity contribution in [2.75, 3.05) is 39.3 Å². The van der Waals surface area contributed by atoms with Crippen LogP contribution < -0.4 is 0 Å². The summed E-state index contributed by atoms with van der Waals surface area (Å²) in [5.74, 6) is 0.249. The Hall–Kier alpha value is -0.630. The van der Waals surface area contributed by atoms with E-state index in [2.05, 4.69) is 15.9 Å². The number of aliphatic hydroxyl groups excluding tert-OH is 1. The lowest BCUT2D eigenvalue weighted by atomic mass is 10.0. The van der Waals surface area contributed by atoms with E-state index in [4.69, 9.17) is 10.4 Å². The fourth-order valence-electron chi connectivity index (χ4n) is 3.22. The Morgan fingerprint density at radius 3 is 2.76 bits per heavy atom. The van der Waals surface area contributed by atoms with Crippen molar-refractivity contribution in [2.24, 2.45) is 5.92 Å². The maximum Gasteiger partial charge on any atom is 0.0672 e. The van der Waals surface area contributed by atoms with Crippen molar-refractivity contribution >= 4 is 0 Å². The molecule has 0 spiro atoms. The molecule has 1 aliphatic heterocycles. The number of rotatable bonds is 3. The van der Waals surface area contributed by atoms with Crippen LogP contribution in [-0.4, -0.2) is 60.3 Å². The van der Waals surface area contributed by atoms with Crippen molar-refractivity contribution in [3.63, 3.8) is 0 Å². The highest BCUT2D eigenvalue weighted by Crippen LogP contribution is 2.29. The van der Waals surface area contributed by atoms with E-state index >= 15 is 0 Å². The number of aliphatic hydroxyl groups is 1. The zero-order chi connectivity index (χ0) is 12.1. The molecule has 0 bridgehead atoms. The average Bonchev–Trinajstić information content (AvgIpc) is 2.70. The second kappa shape index (κ2) is 6.34. The number of hydrogen-bond acceptors (Lipinski definition) is 4. The van der Waals surface area contributed by atoms with Gasteiger partial charge in [0, 0.05) is 25.7 Å². The molecule has 1 heterocycles. The summed E-state index contributed by atoms with van der Waals surface area (Å²) in [4.78, 5) is 4.84. The quantitative estimate of drug-likeness (QED) is 0.784. The molecule has 1 N–H and O–H groups in total. The molecule has 1 aliphatic carbocycles. The molecule has 0 amide bonds. The second-order valence-corrected chi connectivity index (χ2v) is 5.19. The lowest BCUT2D eigenvalue weighted by Crippen LogP contribution is -2.40. The SMILES string of the molecule is N#CC1CCCC1N1CCCN(CCO)CC1. The van der Waals surface area contributed by atoms with Gasteiger partial charge in [0.25, 0.3) is 0 Å². The van der Waals surface area contributed by atoms with Crippen molar-refractivity contribution in [3.8, 4) is 6.07 Å².